The van der Waals surface area contributed by atoms with Crippen LogP contribution in [0.15, 0.2) is 77.7 Å². The summed E-state index contributed by atoms with van der Waals surface area (Å²) in [4.78, 5) is 8.11. The van der Waals surface area contributed by atoms with Crippen LogP contribution >= 0.6 is 0 Å². The van der Waals surface area contributed by atoms with E-state index in [1.54, 1.807) is 18.2 Å². The van der Waals surface area contributed by atoms with E-state index in [0.29, 0.717) is 5.52 Å². The second kappa shape index (κ2) is 6.21. The van der Waals surface area contributed by atoms with Gasteiger partial charge in [-0.2, -0.15) is 0 Å². The summed E-state index contributed by atoms with van der Waals surface area (Å²) in [6.07, 6.45) is 0.722. The van der Waals surface area contributed by atoms with Gasteiger partial charge in [0, 0.05) is 11.6 Å². The molecular weight excluding hydrogens is 370 g/mol. The number of imidazole rings is 1. The first-order valence-corrected chi connectivity index (χ1v) is 10.7. The van der Waals surface area contributed by atoms with Crippen molar-refractivity contribution in [3.05, 3.63) is 78.4 Å². The van der Waals surface area contributed by atoms with E-state index in [1.165, 1.54) is 4.31 Å². The van der Waals surface area contributed by atoms with E-state index < -0.39 is 10.0 Å². The van der Waals surface area contributed by atoms with Crippen molar-refractivity contribution in [1.29, 1.82) is 0 Å². The fourth-order valence-electron chi connectivity index (χ4n) is 3.90. The number of fused-ring (bicyclic) bond motifs is 2. The molecular formula is C22H19N3O2S. The summed E-state index contributed by atoms with van der Waals surface area (Å²) < 4.78 is 28.4. The first kappa shape index (κ1) is 17.0. The Kier molecular flexibility index (Phi) is 3.77. The number of rotatable bonds is 3. The number of hydrogen-bond donors (Lipinski definition) is 1. The van der Waals surface area contributed by atoms with Crippen LogP contribution in [0.1, 0.15) is 12.5 Å². The number of H-pyrrole nitrogens is 1. The highest BCUT2D eigenvalue weighted by Gasteiger charge is 2.36. The molecule has 5 rings (SSSR count). The van der Waals surface area contributed by atoms with E-state index in [0.717, 1.165) is 34.6 Å². The molecule has 1 aliphatic rings. The summed E-state index contributed by atoms with van der Waals surface area (Å²) >= 11 is 0. The zero-order valence-electron chi connectivity index (χ0n) is 15.3. The first-order valence-electron chi connectivity index (χ1n) is 9.21. The Balaban J connectivity index is 1.59. The molecule has 0 unspecified atom stereocenters. The van der Waals surface area contributed by atoms with Crippen molar-refractivity contribution in [2.24, 2.45) is 0 Å². The van der Waals surface area contributed by atoms with Crippen molar-refractivity contribution in [3.8, 4) is 11.4 Å². The Hall–Kier alpha value is -3.12. The van der Waals surface area contributed by atoms with E-state index in [1.807, 2.05) is 61.5 Å². The molecule has 0 saturated carbocycles. The van der Waals surface area contributed by atoms with Crippen molar-refractivity contribution >= 4 is 26.7 Å². The number of nitrogens with one attached hydrogen (secondary N) is 1. The van der Waals surface area contributed by atoms with Crippen LogP contribution in [-0.4, -0.2) is 24.4 Å². The van der Waals surface area contributed by atoms with Crippen molar-refractivity contribution in [2.75, 3.05) is 4.31 Å². The van der Waals surface area contributed by atoms with Crippen molar-refractivity contribution < 1.29 is 8.42 Å². The van der Waals surface area contributed by atoms with E-state index >= 15 is 0 Å². The molecule has 1 atom stereocenters. The minimum atomic E-state index is -3.66. The molecule has 0 radical (unpaired) electrons. The molecule has 4 aromatic rings. The zero-order chi connectivity index (χ0) is 19.3. The highest BCUT2D eigenvalue weighted by atomic mass is 32.2. The van der Waals surface area contributed by atoms with E-state index in [4.69, 9.17) is 0 Å². The van der Waals surface area contributed by atoms with E-state index in [-0.39, 0.29) is 10.9 Å². The highest BCUT2D eigenvalue weighted by molar-refractivity contribution is 7.92. The summed E-state index contributed by atoms with van der Waals surface area (Å²) in [6, 6.07) is 22.4. The van der Waals surface area contributed by atoms with Gasteiger partial charge in [-0.05, 0) is 43.2 Å². The number of aromatic amines is 1. The van der Waals surface area contributed by atoms with Crippen LogP contribution in [0, 0.1) is 0 Å². The normalized spacial score (nSPS) is 16.5. The number of nitrogens with zero attached hydrogens (tertiary/aromatic N) is 2. The number of sulfonamides is 1. The smallest absolute Gasteiger partial charge is 0.264 e. The SMILES string of the molecule is C[C@H]1Cc2ccccc2N1S(=O)(=O)c1ccc2nc(-c3ccccc3)[nH]c2c1. The van der Waals surface area contributed by atoms with E-state index in [9.17, 15) is 8.42 Å². The Morgan fingerprint density at radius 2 is 1.75 bits per heavy atom. The zero-order valence-corrected chi connectivity index (χ0v) is 16.1. The average molecular weight is 389 g/mol. The minimum Gasteiger partial charge on any atom is -0.338 e. The molecule has 1 N–H and O–H groups in total. The second-order valence-corrected chi connectivity index (χ2v) is 8.93. The molecule has 3 aromatic carbocycles. The van der Waals surface area contributed by atoms with Gasteiger partial charge in [0.15, 0.2) is 0 Å². The van der Waals surface area contributed by atoms with Gasteiger partial charge in [-0.15, -0.1) is 0 Å². The summed E-state index contributed by atoms with van der Waals surface area (Å²) in [6.45, 7) is 1.94. The van der Waals surface area contributed by atoms with Gasteiger partial charge >= 0.3 is 0 Å². The molecule has 0 amide bonds. The lowest BCUT2D eigenvalue weighted by atomic mass is 10.1. The molecule has 28 heavy (non-hydrogen) atoms. The molecule has 140 valence electrons. The van der Waals surface area contributed by atoms with E-state index in [2.05, 4.69) is 9.97 Å². The summed E-state index contributed by atoms with van der Waals surface area (Å²) in [5.74, 6) is 0.727. The Morgan fingerprint density at radius 3 is 2.57 bits per heavy atom. The third-order valence-corrected chi connectivity index (χ3v) is 7.13. The molecule has 5 nitrogen and oxygen atoms in total. The maximum Gasteiger partial charge on any atom is 0.264 e. The number of aromatic nitrogens is 2. The van der Waals surface area contributed by atoms with Gasteiger partial charge in [-0.1, -0.05) is 48.5 Å². The Labute approximate surface area is 163 Å². The van der Waals surface area contributed by atoms with Crippen LogP contribution in [0.2, 0.25) is 0 Å². The lowest BCUT2D eigenvalue weighted by molar-refractivity contribution is 0.584. The van der Waals surface area contributed by atoms with Gasteiger partial charge in [0.25, 0.3) is 10.0 Å². The molecule has 0 aliphatic carbocycles. The largest absolute Gasteiger partial charge is 0.338 e. The van der Waals surface area contributed by atoms with Crippen LogP contribution in [0.3, 0.4) is 0 Å². The molecule has 0 fully saturated rings. The van der Waals surface area contributed by atoms with Crippen LogP contribution in [0.25, 0.3) is 22.4 Å². The predicted molar refractivity (Wildman–Crippen MR) is 111 cm³/mol. The van der Waals surface area contributed by atoms with Crippen LogP contribution in [0.5, 0.6) is 0 Å². The number of benzene rings is 3. The van der Waals surface area contributed by atoms with Gasteiger partial charge in [0.2, 0.25) is 0 Å². The third kappa shape index (κ3) is 2.60. The molecule has 6 heteroatoms. The molecule has 0 spiro atoms. The lowest BCUT2D eigenvalue weighted by Crippen LogP contribution is -2.35. The van der Waals surface area contributed by atoms with Gasteiger partial charge < -0.3 is 4.98 Å². The quantitative estimate of drug-likeness (QED) is 0.566. The van der Waals surface area contributed by atoms with Crippen LogP contribution in [-0.2, 0) is 16.4 Å². The third-order valence-electron chi connectivity index (χ3n) is 5.20. The number of para-hydroxylation sites is 1. The van der Waals surface area contributed by atoms with Crippen molar-refractivity contribution in [2.45, 2.75) is 24.3 Å². The second-order valence-electron chi connectivity index (χ2n) is 7.11. The average Bonchev–Trinajstić information content (AvgIpc) is 3.28. The molecule has 0 bridgehead atoms. The summed E-state index contributed by atoms with van der Waals surface area (Å²) in [5.41, 5.74) is 4.25. The van der Waals surface area contributed by atoms with Crippen molar-refractivity contribution in [3.63, 3.8) is 0 Å². The number of anilines is 1. The molecule has 0 saturated heterocycles. The monoisotopic (exact) mass is 389 g/mol. The fourth-order valence-corrected chi connectivity index (χ4v) is 5.62. The highest BCUT2D eigenvalue weighted by Crippen LogP contribution is 2.37. The van der Waals surface area contributed by atoms with Gasteiger partial charge in [0.1, 0.15) is 5.82 Å². The number of hydrogen-bond acceptors (Lipinski definition) is 3. The van der Waals surface area contributed by atoms with Gasteiger partial charge in [-0.25, -0.2) is 13.4 Å². The summed E-state index contributed by atoms with van der Waals surface area (Å²) in [7, 11) is -3.66. The molecule has 2 heterocycles. The van der Waals surface area contributed by atoms with Crippen LogP contribution < -0.4 is 4.31 Å². The summed E-state index contributed by atoms with van der Waals surface area (Å²) in [5, 5.41) is 0. The Bertz CT molecular complexity index is 1280. The molecule has 1 aliphatic heterocycles. The van der Waals surface area contributed by atoms with Gasteiger partial charge in [-0.3, -0.25) is 4.31 Å². The van der Waals surface area contributed by atoms with Gasteiger partial charge in [0.05, 0.1) is 21.6 Å². The topological polar surface area (TPSA) is 66.1 Å². The lowest BCUT2D eigenvalue weighted by Gasteiger charge is -2.24. The minimum absolute atomic E-state index is 0.111. The molecule has 1 aromatic heterocycles. The van der Waals surface area contributed by atoms with Crippen LogP contribution in [0.4, 0.5) is 5.69 Å². The van der Waals surface area contributed by atoms with Crippen molar-refractivity contribution in [1.82, 2.24) is 9.97 Å². The predicted octanol–water partition coefficient (Wildman–Crippen LogP) is 4.37. The first-order chi connectivity index (χ1) is 13.5. The maximum atomic E-state index is 13.4. The fraction of sp³-hybridized carbons (Fsp3) is 0.136. The maximum absolute atomic E-state index is 13.4. The standard InChI is InChI=1S/C22H19N3O2S/c1-15-13-17-9-5-6-10-21(17)25(15)28(26,27)18-11-12-19-20(14-18)24-22(23-19)16-7-3-2-4-8-16/h2-12,14-15H,13H2,1H3,(H,23,24)/t15-/m0/s1. The Morgan fingerprint density at radius 1 is 1.00 bits per heavy atom.